The summed E-state index contributed by atoms with van der Waals surface area (Å²) in [7, 11) is 1.66. The molecule has 2 rings (SSSR count). The van der Waals surface area contributed by atoms with Crippen LogP contribution in [0.5, 0.6) is 5.75 Å². The van der Waals surface area contributed by atoms with Crippen LogP contribution in [-0.2, 0) is 13.1 Å². The van der Waals surface area contributed by atoms with Gasteiger partial charge in [0.15, 0.2) is 0 Å². The van der Waals surface area contributed by atoms with E-state index in [1.165, 1.54) is 5.56 Å². The van der Waals surface area contributed by atoms with Gasteiger partial charge in [0, 0.05) is 24.8 Å². The highest BCUT2D eigenvalue weighted by Crippen LogP contribution is 2.15. The zero-order chi connectivity index (χ0) is 11.9. The lowest BCUT2D eigenvalue weighted by molar-refractivity contribution is 0.405. The molecule has 0 saturated carbocycles. The Kier molecular flexibility index (Phi) is 4.11. The molecule has 0 atom stereocenters. The molecule has 0 unspecified atom stereocenters. The monoisotopic (exact) mass is 228 g/mol. The first-order valence-corrected chi connectivity index (χ1v) is 5.61. The van der Waals surface area contributed by atoms with Gasteiger partial charge < -0.3 is 10.1 Å². The van der Waals surface area contributed by atoms with Gasteiger partial charge in [-0.3, -0.25) is 4.98 Å². The molecular weight excluding hydrogens is 212 g/mol. The van der Waals surface area contributed by atoms with Crippen molar-refractivity contribution >= 4 is 0 Å². The van der Waals surface area contributed by atoms with E-state index in [2.05, 4.69) is 22.4 Å². The van der Waals surface area contributed by atoms with Crippen molar-refractivity contribution in [2.75, 3.05) is 7.11 Å². The second-order valence-corrected chi connectivity index (χ2v) is 3.78. The van der Waals surface area contributed by atoms with Crippen LogP contribution < -0.4 is 10.1 Å². The summed E-state index contributed by atoms with van der Waals surface area (Å²) in [5, 5.41) is 3.38. The lowest BCUT2D eigenvalue weighted by Gasteiger charge is -2.08. The Morgan fingerprint density at radius 1 is 1.12 bits per heavy atom. The number of rotatable bonds is 5. The third-order valence-electron chi connectivity index (χ3n) is 2.58. The molecule has 1 aromatic heterocycles. The molecule has 17 heavy (non-hydrogen) atoms. The summed E-state index contributed by atoms with van der Waals surface area (Å²) in [6.07, 6.45) is 3.52. The van der Waals surface area contributed by atoms with E-state index in [9.17, 15) is 0 Å². The Hall–Kier alpha value is -1.87. The lowest BCUT2D eigenvalue weighted by Crippen LogP contribution is -2.13. The molecule has 2 aromatic rings. The van der Waals surface area contributed by atoms with Crippen molar-refractivity contribution in [1.82, 2.24) is 10.3 Å². The number of hydrogen-bond donors (Lipinski definition) is 1. The van der Waals surface area contributed by atoms with Gasteiger partial charge in [0.2, 0.25) is 0 Å². The molecule has 0 saturated heterocycles. The summed E-state index contributed by atoms with van der Waals surface area (Å²) in [5.74, 6) is 0.827. The van der Waals surface area contributed by atoms with Crippen LogP contribution in [0, 0.1) is 0 Å². The topological polar surface area (TPSA) is 34.1 Å². The summed E-state index contributed by atoms with van der Waals surface area (Å²) in [5.41, 5.74) is 2.40. The van der Waals surface area contributed by atoms with Gasteiger partial charge in [-0.25, -0.2) is 0 Å². The van der Waals surface area contributed by atoms with Gasteiger partial charge in [0.05, 0.1) is 13.3 Å². The molecule has 3 heteroatoms. The fourth-order valence-electron chi connectivity index (χ4n) is 1.68. The molecule has 0 aliphatic heterocycles. The molecule has 1 aromatic carbocycles. The van der Waals surface area contributed by atoms with Gasteiger partial charge in [-0.15, -0.1) is 0 Å². The van der Waals surface area contributed by atoms with Crippen molar-refractivity contribution in [3.05, 3.63) is 59.9 Å². The van der Waals surface area contributed by atoms with Crippen molar-refractivity contribution in [2.45, 2.75) is 13.1 Å². The third-order valence-corrected chi connectivity index (χ3v) is 2.58. The highest BCUT2D eigenvalue weighted by atomic mass is 16.5. The molecule has 0 aliphatic carbocycles. The summed E-state index contributed by atoms with van der Waals surface area (Å²) >= 11 is 0. The van der Waals surface area contributed by atoms with Gasteiger partial charge in [-0.05, 0) is 11.6 Å². The van der Waals surface area contributed by atoms with E-state index in [0.29, 0.717) is 0 Å². The van der Waals surface area contributed by atoms with Crippen LogP contribution >= 0.6 is 0 Å². The molecule has 0 fully saturated rings. The first-order valence-electron chi connectivity index (χ1n) is 5.61. The second-order valence-electron chi connectivity index (χ2n) is 3.78. The minimum Gasteiger partial charge on any atom is -0.495 e. The van der Waals surface area contributed by atoms with Crippen LogP contribution in [0.25, 0.3) is 0 Å². The number of aromatic nitrogens is 1. The smallest absolute Gasteiger partial charge is 0.141 e. The number of hydrogen-bond acceptors (Lipinski definition) is 3. The maximum Gasteiger partial charge on any atom is 0.141 e. The number of nitrogens with zero attached hydrogens (tertiary/aromatic N) is 1. The van der Waals surface area contributed by atoms with Crippen LogP contribution in [0.3, 0.4) is 0 Å². The minimum atomic E-state index is 0.778. The number of pyridine rings is 1. The van der Waals surface area contributed by atoms with E-state index < -0.39 is 0 Å². The molecule has 88 valence electrons. The maximum absolute atomic E-state index is 5.25. The SMILES string of the molecule is COc1cnccc1CNCc1ccccc1. The highest BCUT2D eigenvalue weighted by molar-refractivity contribution is 5.29. The molecule has 0 bridgehead atoms. The molecule has 1 heterocycles. The molecule has 0 spiro atoms. The molecular formula is C14H16N2O. The van der Waals surface area contributed by atoms with Crippen molar-refractivity contribution in [3.8, 4) is 5.75 Å². The fraction of sp³-hybridized carbons (Fsp3) is 0.214. The van der Waals surface area contributed by atoms with Gasteiger partial charge in [0.1, 0.15) is 5.75 Å². The average Bonchev–Trinajstić information content (AvgIpc) is 2.40. The zero-order valence-electron chi connectivity index (χ0n) is 9.89. The standard InChI is InChI=1S/C14H16N2O/c1-17-14-11-15-8-7-13(14)10-16-9-12-5-3-2-4-6-12/h2-8,11,16H,9-10H2,1H3. The number of benzene rings is 1. The summed E-state index contributed by atoms with van der Waals surface area (Å²) in [6.45, 7) is 1.63. The van der Waals surface area contributed by atoms with Crippen molar-refractivity contribution in [3.63, 3.8) is 0 Å². The van der Waals surface area contributed by atoms with Gasteiger partial charge in [-0.2, -0.15) is 0 Å². The Morgan fingerprint density at radius 3 is 2.71 bits per heavy atom. The zero-order valence-corrected chi connectivity index (χ0v) is 9.89. The molecule has 0 amide bonds. The first kappa shape index (κ1) is 11.6. The van der Waals surface area contributed by atoms with Crippen molar-refractivity contribution < 1.29 is 4.74 Å². The predicted molar refractivity (Wildman–Crippen MR) is 67.8 cm³/mol. The Morgan fingerprint density at radius 2 is 1.94 bits per heavy atom. The molecule has 0 radical (unpaired) electrons. The van der Waals surface area contributed by atoms with E-state index in [1.807, 2.05) is 24.3 Å². The minimum absolute atomic E-state index is 0.778. The van der Waals surface area contributed by atoms with Crippen molar-refractivity contribution in [1.29, 1.82) is 0 Å². The van der Waals surface area contributed by atoms with Crippen molar-refractivity contribution in [2.24, 2.45) is 0 Å². The fourth-order valence-corrected chi connectivity index (χ4v) is 1.68. The van der Waals surface area contributed by atoms with Gasteiger partial charge in [0.25, 0.3) is 0 Å². The largest absolute Gasteiger partial charge is 0.495 e. The Balaban J connectivity index is 1.90. The van der Waals surface area contributed by atoms with E-state index in [4.69, 9.17) is 4.74 Å². The van der Waals surface area contributed by atoms with E-state index in [1.54, 1.807) is 19.5 Å². The normalized spacial score (nSPS) is 10.2. The van der Waals surface area contributed by atoms with E-state index >= 15 is 0 Å². The number of methoxy groups -OCH3 is 1. The number of ether oxygens (including phenoxy) is 1. The van der Waals surface area contributed by atoms with E-state index in [-0.39, 0.29) is 0 Å². The summed E-state index contributed by atoms with van der Waals surface area (Å²) in [6, 6.07) is 12.3. The van der Waals surface area contributed by atoms with Gasteiger partial charge in [-0.1, -0.05) is 30.3 Å². The summed E-state index contributed by atoms with van der Waals surface area (Å²) < 4.78 is 5.25. The molecule has 0 aliphatic rings. The summed E-state index contributed by atoms with van der Waals surface area (Å²) in [4.78, 5) is 4.03. The van der Waals surface area contributed by atoms with Gasteiger partial charge >= 0.3 is 0 Å². The van der Waals surface area contributed by atoms with Crippen LogP contribution in [0.2, 0.25) is 0 Å². The second kappa shape index (κ2) is 6.01. The molecule has 3 nitrogen and oxygen atoms in total. The quantitative estimate of drug-likeness (QED) is 0.853. The third kappa shape index (κ3) is 3.29. The first-order chi connectivity index (χ1) is 8.40. The van der Waals surface area contributed by atoms with Crippen LogP contribution in [0.15, 0.2) is 48.8 Å². The molecule has 1 N–H and O–H groups in total. The van der Waals surface area contributed by atoms with Crippen LogP contribution in [0.4, 0.5) is 0 Å². The highest BCUT2D eigenvalue weighted by Gasteiger charge is 2.01. The lowest BCUT2D eigenvalue weighted by atomic mass is 10.2. The number of nitrogens with one attached hydrogen (secondary N) is 1. The maximum atomic E-state index is 5.25. The Labute approximate surface area is 101 Å². The van der Waals surface area contributed by atoms with Crippen LogP contribution in [0.1, 0.15) is 11.1 Å². The van der Waals surface area contributed by atoms with E-state index in [0.717, 1.165) is 24.4 Å². The Bertz CT molecular complexity index is 457. The average molecular weight is 228 g/mol. The van der Waals surface area contributed by atoms with Crippen LogP contribution in [-0.4, -0.2) is 12.1 Å². The predicted octanol–water partition coefficient (Wildman–Crippen LogP) is 2.38.